The van der Waals surface area contributed by atoms with Gasteiger partial charge in [0.1, 0.15) is 17.6 Å². The van der Waals surface area contributed by atoms with Crippen molar-refractivity contribution in [3.8, 4) is 5.75 Å². The van der Waals surface area contributed by atoms with Gasteiger partial charge in [-0.15, -0.1) is 0 Å². The highest BCUT2D eigenvalue weighted by Gasteiger charge is 2.35. The topological polar surface area (TPSA) is 81.3 Å². The molecule has 0 unspecified atom stereocenters. The molecule has 1 amide bonds. The van der Waals surface area contributed by atoms with Crippen LogP contribution in [0.2, 0.25) is 0 Å². The van der Waals surface area contributed by atoms with Gasteiger partial charge in [0, 0.05) is 6.42 Å². The molecular weight excluding hydrogens is 384 g/mol. The van der Waals surface area contributed by atoms with Crippen molar-refractivity contribution in [3.05, 3.63) is 66.1 Å². The molecule has 2 atom stereocenters. The fourth-order valence-electron chi connectivity index (χ4n) is 3.73. The van der Waals surface area contributed by atoms with Gasteiger partial charge in [0.15, 0.2) is 6.61 Å². The predicted molar refractivity (Wildman–Crippen MR) is 110 cm³/mol. The number of rotatable bonds is 6. The van der Waals surface area contributed by atoms with Gasteiger partial charge in [-0.05, 0) is 61.2 Å². The number of hydrogen-bond acceptors (Lipinski definition) is 6. The molecule has 4 rings (SSSR count). The molecule has 2 aromatic rings. The van der Waals surface area contributed by atoms with Crippen molar-refractivity contribution in [1.29, 1.82) is 0 Å². The number of esters is 1. The van der Waals surface area contributed by atoms with Gasteiger partial charge in [-0.25, -0.2) is 5.01 Å². The molecule has 156 valence electrons. The van der Waals surface area contributed by atoms with E-state index in [1.807, 2.05) is 36.4 Å². The minimum absolute atomic E-state index is 0.180. The molecular formula is C23H24N2O5. The molecule has 2 heterocycles. The molecule has 0 fully saturated rings. The third kappa shape index (κ3) is 4.30. The summed E-state index contributed by atoms with van der Waals surface area (Å²) in [5, 5.41) is 5.91. The molecule has 0 bridgehead atoms. The summed E-state index contributed by atoms with van der Waals surface area (Å²) in [6.07, 6.45) is 8.38. The maximum atomic E-state index is 12.9. The lowest BCUT2D eigenvalue weighted by Gasteiger charge is -2.21. The van der Waals surface area contributed by atoms with Gasteiger partial charge in [-0.3, -0.25) is 9.59 Å². The molecule has 2 aliphatic rings. The van der Waals surface area contributed by atoms with Crippen LogP contribution >= 0.6 is 0 Å². The van der Waals surface area contributed by atoms with Gasteiger partial charge in [-0.1, -0.05) is 12.2 Å². The van der Waals surface area contributed by atoms with E-state index in [1.165, 1.54) is 5.01 Å². The number of ether oxygens (including phenoxy) is 2. The van der Waals surface area contributed by atoms with E-state index in [4.69, 9.17) is 13.9 Å². The number of hydrogen-bond donors (Lipinski definition) is 0. The minimum Gasteiger partial charge on any atom is -0.497 e. The highest BCUT2D eigenvalue weighted by molar-refractivity contribution is 6.03. The van der Waals surface area contributed by atoms with E-state index in [0.29, 0.717) is 18.6 Å². The third-order valence-corrected chi connectivity index (χ3v) is 5.40. The van der Waals surface area contributed by atoms with Crippen molar-refractivity contribution in [1.82, 2.24) is 5.01 Å². The molecule has 0 saturated carbocycles. The molecule has 1 aliphatic heterocycles. The normalized spacial score (nSPS) is 20.7. The lowest BCUT2D eigenvalue weighted by Crippen LogP contribution is -2.32. The summed E-state index contributed by atoms with van der Waals surface area (Å²) in [7, 11) is 1.61. The Morgan fingerprint density at radius 1 is 1.20 bits per heavy atom. The number of amides is 1. The molecule has 7 nitrogen and oxygen atoms in total. The second-order valence-electron chi connectivity index (χ2n) is 7.34. The Morgan fingerprint density at radius 3 is 2.70 bits per heavy atom. The van der Waals surface area contributed by atoms with Crippen LogP contribution in [0.1, 0.15) is 43.0 Å². The summed E-state index contributed by atoms with van der Waals surface area (Å²) in [6, 6.07) is 10.7. The number of allylic oxidation sites excluding steroid dienone is 2. The zero-order valence-corrected chi connectivity index (χ0v) is 16.8. The maximum Gasteiger partial charge on any atom is 0.309 e. The second-order valence-corrected chi connectivity index (χ2v) is 7.34. The van der Waals surface area contributed by atoms with Crippen LogP contribution in [-0.4, -0.2) is 36.3 Å². The molecule has 1 aromatic heterocycles. The second kappa shape index (κ2) is 8.98. The van der Waals surface area contributed by atoms with Crippen LogP contribution in [0.3, 0.4) is 0 Å². The number of nitrogens with zero attached hydrogens (tertiary/aromatic N) is 2. The van der Waals surface area contributed by atoms with Crippen LogP contribution in [0.25, 0.3) is 0 Å². The first-order valence-corrected chi connectivity index (χ1v) is 10.0. The van der Waals surface area contributed by atoms with Crippen LogP contribution in [0.4, 0.5) is 0 Å². The van der Waals surface area contributed by atoms with Crippen LogP contribution in [0, 0.1) is 5.92 Å². The zero-order chi connectivity index (χ0) is 20.9. The molecule has 0 N–H and O–H groups in total. The van der Waals surface area contributed by atoms with Gasteiger partial charge in [0.05, 0.1) is 25.0 Å². The van der Waals surface area contributed by atoms with Crippen molar-refractivity contribution in [2.24, 2.45) is 11.0 Å². The van der Waals surface area contributed by atoms with E-state index in [0.717, 1.165) is 29.9 Å². The standard InChI is InChI=1S/C23H24N2O5/c1-28-18-11-9-16(10-12-18)19-14-20(21-8-5-13-29-21)25(24-19)22(26)15-30-23(27)17-6-3-2-4-7-17/h2-3,5,8-13,17,20H,4,6-7,14-15H2,1H3/t17-,20-/m0/s1. The summed E-state index contributed by atoms with van der Waals surface area (Å²) in [4.78, 5) is 25.2. The first-order chi connectivity index (χ1) is 14.7. The Hall–Kier alpha value is -3.35. The zero-order valence-electron chi connectivity index (χ0n) is 16.8. The Labute approximate surface area is 175 Å². The quantitative estimate of drug-likeness (QED) is 0.535. The minimum atomic E-state index is -0.375. The molecule has 0 saturated heterocycles. The Kier molecular flexibility index (Phi) is 5.97. The predicted octanol–water partition coefficient (Wildman–Crippen LogP) is 3.87. The van der Waals surface area contributed by atoms with E-state index in [9.17, 15) is 9.59 Å². The Morgan fingerprint density at radius 2 is 2.03 bits per heavy atom. The largest absolute Gasteiger partial charge is 0.497 e. The van der Waals surface area contributed by atoms with E-state index in [2.05, 4.69) is 11.2 Å². The molecule has 30 heavy (non-hydrogen) atoms. The van der Waals surface area contributed by atoms with Gasteiger partial charge >= 0.3 is 5.97 Å². The van der Waals surface area contributed by atoms with Crippen molar-refractivity contribution in [2.45, 2.75) is 31.7 Å². The van der Waals surface area contributed by atoms with E-state index >= 15 is 0 Å². The molecule has 7 heteroatoms. The van der Waals surface area contributed by atoms with E-state index < -0.39 is 0 Å². The lowest BCUT2D eigenvalue weighted by molar-refractivity contribution is -0.156. The number of methoxy groups -OCH3 is 1. The van der Waals surface area contributed by atoms with Crippen molar-refractivity contribution in [2.75, 3.05) is 13.7 Å². The van der Waals surface area contributed by atoms with Crippen LogP contribution in [0.15, 0.2) is 64.3 Å². The Bertz CT molecular complexity index is 946. The van der Waals surface area contributed by atoms with E-state index in [-0.39, 0.29) is 30.4 Å². The molecule has 1 aliphatic carbocycles. The summed E-state index contributed by atoms with van der Waals surface area (Å²) >= 11 is 0. The summed E-state index contributed by atoms with van der Waals surface area (Å²) in [5.41, 5.74) is 1.66. The van der Waals surface area contributed by atoms with E-state index in [1.54, 1.807) is 19.4 Å². The fraction of sp³-hybridized carbons (Fsp3) is 0.348. The number of furan rings is 1. The summed E-state index contributed by atoms with van der Waals surface area (Å²) in [5.74, 6) is 0.498. The van der Waals surface area contributed by atoms with Gasteiger partial charge in [0.2, 0.25) is 0 Å². The van der Waals surface area contributed by atoms with Crippen molar-refractivity contribution < 1.29 is 23.5 Å². The monoisotopic (exact) mass is 408 g/mol. The van der Waals surface area contributed by atoms with Crippen molar-refractivity contribution in [3.63, 3.8) is 0 Å². The number of carbonyl (C=O) groups excluding carboxylic acids is 2. The highest BCUT2D eigenvalue weighted by Crippen LogP contribution is 2.33. The molecule has 0 radical (unpaired) electrons. The average molecular weight is 408 g/mol. The average Bonchev–Trinajstić information content (AvgIpc) is 3.48. The number of hydrazone groups is 1. The molecule has 0 spiro atoms. The smallest absolute Gasteiger partial charge is 0.309 e. The van der Waals surface area contributed by atoms with Gasteiger partial charge in [0.25, 0.3) is 5.91 Å². The summed E-state index contributed by atoms with van der Waals surface area (Å²) in [6.45, 7) is -0.338. The SMILES string of the molecule is COc1ccc(C2=NN(C(=O)COC(=O)[C@H]3CC=CCC3)[C@H](c3ccco3)C2)cc1. The van der Waals surface area contributed by atoms with Crippen LogP contribution in [-0.2, 0) is 14.3 Å². The van der Waals surface area contributed by atoms with Crippen LogP contribution in [0.5, 0.6) is 5.75 Å². The first kappa shape index (κ1) is 19.9. The van der Waals surface area contributed by atoms with Gasteiger partial charge < -0.3 is 13.9 Å². The highest BCUT2D eigenvalue weighted by atomic mass is 16.5. The Balaban J connectivity index is 1.48. The van der Waals surface area contributed by atoms with Crippen LogP contribution < -0.4 is 4.74 Å². The van der Waals surface area contributed by atoms with Gasteiger partial charge in [-0.2, -0.15) is 5.10 Å². The van der Waals surface area contributed by atoms with Crippen molar-refractivity contribution >= 4 is 17.6 Å². The lowest BCUT2D eigenvalue weighted by atomic mass is 9.95. The first-order valence-electron chi connectivity index (χ1n) is 10.0. The number of benzene rings is 1. The fourth-order valence-corrected chi connectivity index (χ4v) is 3.73. The number of carbonyl (C=O) groups is 2. The summed E-state index contributed by atoms with van der Waals surface area (Å²) < 4.78 is 16.1. The molecule has 1 aromatic carbocycles. The maximum absolute atomic E-state index is 12.9. The third-order valence-electron chi connectivity index (χ3n) is 5.40.